The van der Waals surface area contributed by atoms with Gasteiger partial charge in [-0.05, 0) is 37.5 Å². The molecular weight excluding hydrogens is 294 g/mol. The van der Waals surface area contributed by atoms with E-state index in [2.05, 4.69) is 52.4 Å². The van der Waals surface area contributed by atoms with Gasteiger partial charge in [0.15, 0.2) is 0 Å². The highest BCUT2D eigenvalue weighted by Crippen LogP contribution is 2.20. The molecule has 1 aliphatic heterocycles. The zero-order valence-corrected chi connectivity index (χ0v) is 12.2. The first-order valence-corrected chi connectivity index (χ1v) is 7.14. The van der Waals surface area contributed by atoms with Crippen LogP contribution in [0, 0.1) is 0 Å². The van der Waals surface area contributed by atoms with Crippen molar-refractivity contribution in [3.05, 3.63) is 34.3 Å². The lowest BCUT2D eigenvalue weighted by molar-refractivity contribution is 0.114. The van der Waals surface area contributed by atoms with Crippen LogP contribution in [0.3, 0.4) is 0 Å². The van der Waals surface area contributed by atoms with Crippen LogP contribution in [-0.2, 0) is 11.2 Å². The minimum Gasteiger partial charge on any atom is -0.394 e. The van der Waals surface area contributed by atoms with E-state index in [1.54, 1.807) is 0 Å². The third-order valence-corrected chi connectivity index (χ3v) is 3.94. The maximum Gasteiger partial charge on any atom is 0.0675 e. The normalized spacial score (nSPS) is 25.3. The maximum absolute atomic E-state index is 9.52. The largest absolute Gasteiger partial charge is 0.394 e. The lowest BCUT2D eigenvalue weighted by Gasteiger charge is -2.30. The second-order valence-electron chi connectivity index (χ2n) is 5.12. The molecule has 1 saturated heterocycles. The molecule has 4 heteroatoms. The van der Waals surface area contributed by atoms with Crippen LogP contribution in [0.4, 0.5) is 0 Å². The summed E-state index contributed by atoms with van der Waals surface area (Å²) in [5.74, 6) is 0. The van der Waals surface area contributed by atoms with Gasteiger partial charge in [0.25, 0.3) is 0 Å². The highest BCUT2D eigenvalue weighted by Gasteiger charge is 2.35. The van der Waals surface area contributed by atoms with Gasteiger partial charge < -0.3 is 15.2 Å². The van der Waals surface area contributed by atoms with Crippen molar-refractivity contribution in [2.24, 2.45) is 0 Å². The summed E-state index contributed by atoms with van der Waals surface area (Å²) in [5, 5.41) is 13.0. The average Bonchev–Trinajstić information content (AvgIpc) is 2.81. The fourth-order valence-electron chi connectivity index (χ4n) is 2.44. The number of aliphatic hydroxyl groups excluding tert-OH is 1. The molecule has 18 heavy (non-hydrogen) atoms. The topological polar surface area (TPSA) is 41.5 Å². The summed E-state index contributed by atoms with van der Waals surface area (Å²) in [6.45, 7) is 3.63. The Balaban J connectivity index is 1.91. The molecule has 1 aromatic rings. The third-order valence-electron chi connectivity index (χ3n) is 3.41. The lowest BCUT2D eigenvalue weighted by atomic mass is 9.97. The van der Waals surface area contributed by atoms with Crippen molar-refractivity contribution in [3.63, 3.8) is 0 Å². The van der Waals surface area contributed by atoms with Gasteiger partial charge in [-0.2, -0.15) is 0 Å². The Morgan fingerprint density at radius 3 is 2.72 bits per heavy atom. The van der Waals surface area contributed by atoms with Gasteiger partial charge in [-0.1, -0.05) is 28.1 Å². The summed E-state index contributed by atoms with van der Waals surface area (Å²) in [6.07, 6.45) is 1.84. The van der Waals surface area contributed by atoms with Gasteiger partial charge in [-0.25, -0.2) is 0 Å². The average molecular weight is 314 g/mol. The number of benzene rings is 1. The lowest BCUT2D eigenvalue weighted by Crippen LogP contribution is -2.53. The number of halogens is 1. The number of hydrogen-bond donors (Lipinski definition) is 2. The Bertz CT molecular complexity index is 374. The van der Waals surface area contributed by atoms with Crippen LogP contribution in [0.5, 0.6) is 0 Å². The second-order valence-corrected chi connectivity index (χ2v) is 6.03. The van der Waals surface area contributed by atoms with Gasteiger partial charge in [-0.15, -0.1) is 0 Å². The van der Waals surface area contributed by atoms with Gasteiger partial charge in [0.2, 0.25) is 0 Å². The Morgan fingerprint density at radius 2 is 2.17 bits per heavy atom. The van der Waals surface area contributed by atoms with E-state index >= 15 is 0 Å². The predicted molar refractivity (Wildman–Crippen MR) is 75.7 cm³/mol. The fraction of sp³-hybridized carbons (Fsp3) is 0.571. The molecule has 0 amide bonds. The zero-order valence-electron chi connectivity index (χ0n) is 10.7. The van der Waals surface area contributed by atoms with Crippen LogP contribution in [0.15, 0.2) is 28.7 Å². The molecular formula is C14H20BrNO2. The smallest absolute Gasteiger partial charge is 0.0675 e. The van der Waals surface area contributed by atoms with Gasteiger partial charge >= 0.3 is 0 Å². The molecule has 2 atom stereocenters. The van der Waals surface area contributed by atoms with Crippen LogP contribution in [0.1, 0.15) is 18.9 Å². The Labute approximate surface area is 117 Å². The van der Waals surface area contributed by atoms with E-state index in [4.69, 9.17) is 4.74 Å². The van der Waals surface area contributed by atoms with Gasteiger partial charge in [0.05, 0.1) is 18.8 Å². The molecule has 1 heterocycles. The summed E-state index contributed by atoms with van der Waals surface area (Å²) in [6, 6.07) is 8.68. The first-order chi connectivity index (χ1) is 8.63. The minimum absolute atomic E-state index is 0.137. The van der Waals surface area contributed by atoms with E-state index in [1.807, 2.05) is 0 Å². The Morgan fingerprint density at radius 1 is 1.44 bits per heavy atom. The van der Waals surface area contributed by atoms with E-state index in [1.165, 1.54) is 5.56 Å². The van der Waals surface area contributed by atoms with E-state index in [0.717, 1.165) is 23.9 Å². The van der Waals surface area contributed by atoms with Crippen molar-refractivity contribution < 1.29 is 9.84 Å². The van der Waals surface area contributed by atoms with E-state index in [0.29, 0.717) is 12.6 Å². The SMILES string of the molecule is C[C@H](Cc1ccc(Br)cc1)N[C@]1(CO)CCOC1. The van der Waals surface area contributed by atoms with Gasteiger partial charge in [-0.3, -0.25) is 0 Å². The van der Waals surface area contributed by atoms with E-state index in [-0.39, 0.29) is 12.1 Å². The molecule has 2 N–H and O–H groups in total. The Hall–Kier alpha value is -0.420. The molecule has 0 radical (unpaired) electrons. The summed E-state index contributed by atoms with van der Waals surface area (Å²) >= 11 is 3.44. The van der Waals surface area contributed by atoms with Crippen LogP contribution < -0.4 is 5.32 Å². The first-order valence-electron chi connectivity index (χ1n) is 6.34. The van der Waals surface area contributed by atoms with Crippen molar-refractivity contribution in [1.29, 1.82) is 0 Å². The number of aliphatic hydroxyl groups is 1. The Kier molecular flexibility index (Phi) is 4.78. The molecule has 0 saturated carbocycles. The van der Waals surface area contributed by atoms with Crippen molar-refractivity contribution in [1.82, 2.24) is 5.32 Å². The molecule has 0 aliphatic carbocycles. The molecule has 2 rings (SSSR count). The first kappa shape index (κ1) is 14.0. The quantitative estimate of drug-likeness (QED) is 0.875. The number of hydrogen-bond acceptors (Lipinski definition) is 3. The molecule has 1 aromatic carbocycles. The highest BCUT2D eigenvalue weighted by molar-refractivity contribution is 9.10. The van der Waals surface area contributed by atoms with Crippen molar-refractivity contribution in [2.75, 3.05) is 19.8 Å². The fourth-order valence-corrected chi connectivity index (χ4v) is 2.70. The molecule has 0 aromatic heterocycles. The molecule has 0 unspecified atom stereocenters. The zero-order chi connectivity index (χ0) is 13.0. The summed E-state index contributed by atoms with van der Waals surface area (Å²) in [5.41, 5.74) is 1.06. The maximum atomic E-state index is 9.52. The van der Waals surface area contributed by atoms with Crippen LogP contribution in [0.2, 0.25) is 0 Å². The van der Waals surface area contributed by atoms with Crippen LogP contribution >= 0.6 is 15.9 Å². The molecule has 3 nitrogen and oxygen atoms in total. The van der Waals surface area contributed by atoms with Gasteiger partial charge in [0.1, 0.15) is 0 Å². The van der Waals surface area contributed by atoms with Crippen molar-refractivity contribution in [2.45, 2.75) is 31.3 Å². The summed E-state index contributed by atoms with van der Waals surface area (Å²) < 4.78 is 6.49. The standard InChI is InChI=1S/C14H20BrNO2/c1-11(8-12-2-4-13(15)5-3-12)16-14(9-17)6-7-18-10-14/h2-5,11,16-17H,6-10H2,1H3/t11-,14+/m1/s1. The summed E-state index contributed by atoms with van der Waals surface area (Å²) in [7, 11) is 0. The minimum atomic E-state index is -0.241. The van der Waals surface area contributed by atoms with Crippen LogP contribution in [-0.4, -0.2) is 36.5 Å². The molecule has 0 bridgehead atoms. The number of rotatable bonds is 5. The molecule has 100 valence electrons. The van der Waals surface area contributed by atoms with E-state index < -0.39 is 0 Å². The monoisotopic (exact) mass is 313 g/mol. The number of ether oxygens (including phenoxy) is 1. The molecule has 1 fully saturated rings. The van der Waals surface area contributed by atoms with Gasteiger partial charge in [0, 0.05) is 17.1 Å². The van der Waals surface area contributed by atoms with Crippen molar-refractivity contribution in [3.8, 4) is 0 Å². The van der Waals surface area contributed by atoms with E-state index in [9.17, 15) is 5.11 Å². The van der Waals surface area contributed by atoms with Crippen molar-refractivity contribution >= 4 is 15.9 Å². The second kappa shape index (κ2) is 6.15. The third kappa shape index (κ3) is 3.54. The molecule has 1 aliphatic rings. The predicted octanol–water partition coefficient (Wildman–Crippen LogP) is 2.12. The summed E-state index contributed by atoms with van der Waals surface area (Å²) in [4.78, 5) is 0. The number of nitrogens with one attached hydrogen (secondary N) is 1. The van der Waals surface area contributed by atoms with Crippen LogP contribution in [0.25, 0.3) is 0 Å². The highest BCUT2D eigenvalue weighted by atomic mass is 79.9. The molecule has 0 spiro atoms.